The van der Waals surface area contributed by atoms with Gasteiger partial charge in [0.05, 0.1) is 18.0 Å². The smallest absolute Gasteiger partial charge is 0.277 e. The first-order chi connectivity index (χ1) is 13.5. The standard InChI is InChI=1S/C21H29N5O2.ClH/c1-15-11-16(2)13-24(12-15)14-20(27)25-9-7-17(8-10-25)26-21(28)18-5-3-4-6-19(18)22-23-26;/h3-6,15-17H,7-14H2,1-2H3;1H. The molecule has 2 aromatic rings. The van der Waals surface area contributed by atoms with Gasteiger partial charge in [-0.1, -0.05) is 31.2 Å². The van der Waals surface area contributed by atoms with Crippen molar-refractivity contribution in [2.45, 2.75) is 39.2 Å². The molecule has 2 aliphatic rings. The number of likely N-dealkylation sites (tertiary alicyclic amines) is 2. The lowest BCUT2D eigenvalue weighted by atomic mass is 9.92. The lowest BCUT2D eigenvalue weighted by molar-refractivity contribution is -0.134. The van der Waals surface area contributed by atoms with Crippen LogP contribution in [0.1, 0.15) is 39.2 Å². The SMILES string of the molecule is CC1CC(C)CN(CC(=O)N2CCC(n3nnc4ccccc4c3=O)CC2)C1.Cl. The molecular formula is C21H30ClN5O2. The molecule has 0 bridgehead atoms. The molecule has 2 unspecified atom stereocenters. The molecule has 2 fully saturated rings. The van der Waals surface area contributed by atoms with Crippen molar-refractivity contribution in [1.29, 1.82) is 0 Å². The topological polar surface area (TPSA) is 71.3 Å². The molecular weight excluding hydrogens is 390 g/mol. The van der Waals surface area contributed by atoms with Crippen LogP contribution in [0.2, 0.25) is 0 Å². The summed E-state index contributed by atoms with van der Waals surface area (Å²) in [4.78, 5) is 29.7. The lowest BCUT2D eigenvalue weighted by Crippen LogP contribution is -2.48. The highest BCUT2D eigenvalue weighted by Gasteiger charge is 2.28. The molecule has 0 aliphatic carbocycles. The van der Waals surface area contributed by atoms with Gasteiger partial charge in [-0.3, -0.25) is 14.5 Å². The number of carbonyl (C=O) groups is 1. The van der Waals surface area contributed by atoms with Crippen molar-refractivity contribution < 1.29 is 4.79 Å². The molecule has 158 valence electrons. The van der Waals surface area contributed by atoms with Gasteiger partial charge < -0.3 is 4.90 Å². The van der Waals surface area contributed by atoms with Gasteiger partial charge in [0.2, 0.25) is 5.91 Å². The van der Waals surface area contributed by atoms with Crippen molar-refractivity contribution >= 4 is 29.2 Å². The first-order valence-corrected chi connectivity index (χ1v) is 10.4. The second-order valence-electron chi connectivity index (χ2n) is 8.61. The van der Waals surface area contributed by atoms with E-state index in [0.717, 1.165) is 25.9 Å². The Morgan fingerprint density at radius 3 is 2.45 bits per heavy atom. The van der Waals surface area contributed by atoms with E-state index in [-0.39, 0.29) is 29.9 Å². The highest BCUT2D eigenvalue weighted by Crippen LogP contribution is 2.23. The molecule has 0 spiro atoms. The summed E-state index contributed by atoms with van der Waals surface area (Å²) in [5.41, 5.74) is 0.535. The van der Waals surface area contributed by atoms with E-state index in [1.165, 1.54) is 11.1 Å². The van der Waals surface area contributed by atoms with E-state index < -0.39 is 0 Å². The van der Waals surface area contributed by atoms with E-state index in [0.29, 0.717) is 42.4 Å². The van der Waals surface area contributed by atoms with E-state index >= 15 is 0 Å². The predicted molar refractivity (Wildman–Crippen MR) is 115 cm³/mol. The van der Waals surface area contributed by atoms with Gasteiger partial charge in [0.25, 0.3) is 5.56 Å². The lowest BCUT2D eigenvalue weighted by Gasteiger charge is -2.37. The normalized spacial score (nSPS) is 23.7. The molecule has 8 heteroatoms. The van der Waals surface area contributed by atoms with Crippen LogP contribution in [0.3, 0.4) is 0 Å². The third kappa shape index (κ3) is 4.78. The number of rotatable bonds is 3. The van der Waals surface area contributed by atoms with Crippen LogP contribution in [0.5, 0.6) is 0 Å². The van der Waals surface area contributed by atoms with Crippen LogP contribution < -0.4 is 5.56 Å². The van der Waals surface area contributed by atoms with Crippen molar-refractivity contribution in [3.8, 4) is 0 Å². The van der Waals surface area contributed by atoms with Crippen LogP contribution in [0.15, 0.2) is 29.1 Å². The number of nitrogens with zero attached hydrogens (tertiary/aromatic N) is 5. The van der Waals surface area contributed by atoms with Gasteiger partial charge >= 0.3 is 0 Å². The number of benzene rings is 1. The summed E-state index contributed by atoms with van der Waals surface area (Å²) in [6, 6.07) is 7.30. The Hall–Kier alpha value is -1.99. The van der Waals surface area contributed by atoms with Gasteiger partial charge in [-0.15, -0.1) is 17.5 Å². The van der Waals surface area contributed by atoms with Crippen LogP contribution >= 0.6 is 12.4 Å². The molecule has 2 aliphatic heterocycles. The molecule has 0 saturated carbocycles. The fourth-order valence-corrected chi connectivity index (χ4v) is 4.81. The molecule has 0 N–H and O–H groups in total. The van der Waals surface area contributed by atoms with Gasteiger partial charge in [0.15, 0.2) is 0 Å². The number of aromatic nitrogens is 3. The van der Waals surface area contributed by atoms with Crippen molar-refractivity contribution in [2.24, 2.45) is 11.8 Å². The van der Waals surface area contributed by atoms with E-state index in [2.05, 4.69) is 29.1 Å². The summed E-state index contributed by atoms with van der Waals surface area (Å²) in [7, 11) is 0. The highest BCUT2D eigenvalue weighted by atomic mass is 35.5. The minimum absolute atomic E-state index is 0. The number of piperidine rings is 2. The van der Waals surface area contributed by atoms with E-state index in [1.807, 2.05) is 17.0 Å². The summed E-state index contributed by atoms with van der Waals surface area (Å²) in [6.45, 7) is 8.40. The molecule has 1 aromatic heterocycles. The fourth-order valence-electron chi connectivity index (χ4n) is 4.81. The monoisotopic (exact) mass is 419 g/mol. The minimum Gasteiger partial charge on any atom is -0.341 e. The van der Waals surface area contributed by atoms with E-state index in [1.54, 1.807) is 12.1 Å². The molecule has 2 saturated heterocycles. The number of hydrogen-bond donors (Lipinski definition) is 0. The molecule has 29 heavy (non-hydrogen) atoms. The summed E-state index contributed by atoms with van der Waals surface area (Å²) in [5, 5.41) is 8.94. The quantitative estimate of drug-likeness (QED) is 0.763. The van der Waals surface area contributed by atoms with Crippen molar-refractivity contribution in [3.63, 3.8) is 0 Å². The van der Waals surface area contributed by atoms with Crippen LogP contribution in [0, 0.1) is 11.8 Å². The number of hydrogen-bond acceptors (Lipinski definition) is 5. The van der Waals surface area contributed by atoms with Crippen LogP contribution in [-0.4, -0.2) is 63.4 Å². The maximum atomic E-state index is 12.8. The Labute approximate surface area is 177 Å². The van der Waals surface area contributed by atoms with Gasteiger partial charge in [0.1, 0.15) is 5.52 Å². The third-order valence-corrected chi connectivity index (χ3v) is 6.06. The van der Waals surface area contributed by atoms with Crippen molar-refractivity contribution in [2.75, 3.05) is 32.7 Å². The number of amides is 1. The zero-order chi connectivity index (χ0) is 19.7. The summed E-state index contributed by atoms with van der Waals surface area (Å²) in [6.07, 6.45) is 2.73. The number of carbonyl (C=O) groups excluding carboxylic acids is 1. The van der Waals surface area contributed by atoms with Gasteiger partial charge in [0, 0.05) is 26.2 Å². The molecule has 4 rings (SSSR count). The average Bonchev–Trinajstić information content (AvgIpc) is 2.68. The Kier molecular flexibility index (Phi) is 6.90. The Morgan fingerprint density at radius 2 is 1.76 bits per heavy atom. The first-order valence-electron chi connectivity index (χ1n) is 10.4. The Balaban J connectivity index is 0.00000240. The molecule has 7 nitrogen and oxygen atoms in total. The van der Waals surface area contributed by atoms with E-state index in [9.17, 15) is 9.59 Å². The van der Waals surface area contributed by atoms with Crippen LogP contribution in [0.4, 0.5) is 0 Å². The maximum Gasteiger partial charge on any atom is 0.277 e. The zero-order valence-corrected chi connectivity index (χ0v) is 18.0. The largest absolute Gasteiger partial charge is 0.341 e. The van der Waals surface area contributed by atoms with E-state index in [4.69, 9.17) is 0 Å². The van der Waals surface area contributed by atoms with Crippen LogP contribution in [0.25, 0.3) is 10.9 Å². The average molecular weight is 420 g/mol. The highest BCUT2D eigenvalue weighted by molar-refractivity contribution is 5.85. The maximum absolute atomic E-state index is 12.8. The third-order valence-electron chi connectivity index (χ3n) is 6.06. The van der Waals surface area contributed by atoms with Gasteiger partial charge in [-0.05, 0) is 43.2 Å². The van der Waals surface area contributed by atoms with Gasteiger partial charge in [-0.25, -0.2) is 4.68 Å². The minimum atomic E-state index is -0.0910. The molecule has 0 radical (unpaired) electrons. The Morgan fingerprint density at radius 1 is 1.10 bits per heavy atom. The predicted octanol–water partition coefficient (Wildman–Crippen LogP) is 2.35. The fraction of sp³-hybridized carbons (Fsp3) is 0.619. The summed E-state index contributed by atoms with van der Waals surface area (Å²) < 4.78 is 1.51. The van der Waals surface area contributed by atoms with Gasteiger partial charge in [-0.2, -0.15) is 0 Å². The van der Waals surface area contributed by atoms with Crippen LogP contribution in [-0.2, 0) is 4.79 Å². The molecule has 1 amide bonds. The number of fused-ring (bicyclic) bond motifs is 1. The molecule has 1 aromatic carbocycles. The summed E-state index contributed by atoms with van der Waals surface area (Å²) >= 11 is 0. The second-order valence-corrected chi connectivity index (χ2v) is 8.61. The van der Waals surface area contributed by atoms with Crippen molar-refractivity contribution in [1.82, 2.24) is 24.8 Å². The first kappa shape index (κ1) is 21.7. The molecule has 2 atom stereocenters. The summed E-state index contributed by atoms with van der Waals surface area (Å²) in [5.74, 6) is 1.51. The molecule has 3 heterocycles. The Bertz CT molecular complexity index is 899. The second kappa shape index (κ2) is 9.22. The zero-order valence-electron chi connectivity index (χ0n) is 17.2. The van der Waals surface area contributed by atoms with Crippen molar-refractivity contribution in [3.05, 3.63) is 34.6 Å². The number of halogens is 1.